The van der Waals surface area contributed by atoms with Crippen molar-refractivity contribution in [1.82, 2.24) is 15.1 Å². The molecule has 1 aliphatic rings. The van der Waals surface area contributed by atoms with Gasteiger partial charge in [-0.1, -0.05) is 23.2 Å². The Bertz CT molecular complexity index is 922. The van der Waals surface area contributed by atoms with E-state index in [4.69, 9.17) is 37.5 Å². The quantitative estimate of drug-likeness (QED) is 0.249. The molecule has 1 unspecified atom stereocenters. The van der Waals surface area contributed by atoms with Crippen LogP contribution in [-0.4, -0.2) is 57.3 Å². The summed E-state index contributed by atoms with van der Waals surface area (Å²) < 4.78 is 25.4. The zero-order valence-electron chi connectivity index (χ0n) is 20.3. The fourth-order valence-corrected chi connectivity index (χ4v) is 4.46. The predicted molar refractivity (Wildman–Crippen MR) is 139 cm³/mol. The van der Waals surface area contributed by atoms with E-state index in [2.05, 4.69) is 10.2 Å². The molecule has 11 heteroatoms. The molecule has 2 N–H and O–H groups in total. The summed E-state index contributed by atoms with van der Waals surface area (Å²) in [6.07, 6.45) is 2.69. The summed E-state index contributed by atoms with van der Waals surface area (Å²) in [5.74, 6) is 0.651. The van der Waals surface area contributed by atoms with Crippen molar-refractivity contribution < 1.29 is 23.5 Å². The van der Waals surface area contributed by atoms with E-state index in [1.165, 1.54) is 12.1 Å². The van der Waals surface area contributed by atoms with Crippen LogP contribution in [0, 0.1) is 5.82 Å². The van der Waals surface area contributed by atoms with E-state index in [0.717, 1.165) is 31.3 Å². The fraction of sp³-hybridized carbons (Fsp3) is 0.458. The summed E-state index contributed by atoms with van der Waals surface area (Å²) in [6.45, 7) is 3.87. The van der Waals surface area contributed by atoms with E-state index in [9.17, 15) is 9.18 Å². The first-order valence-corrected chi connectivity index (χ1v) is 12.7. The summed E-state index contributed by atoms with van der Waals surface area (Å²) in [5.41, 5.74) is 2.05. The number of hydroxylamine groups is 1. The van der Waals surface area contributed by atoms with Gasteiger partial charge in [0.2, 0.25) is 0 Å². The highest BCUT2D eigenvalue weighted by atomic mass is 35.5. The monoisotopic (exact) mass is 547 g/mol. The molecule has 0 saturated carbocycles. The number of rotatable bonds is 9. The first-order chi connectivity index (χ1) is 16.6. The van der Waals surface area contributed by atoms with Crippen LogP contribution in [0.15, 0.2) is 41.3 Å². The minimum Gasteiger partial charge on any atom is -0.497 e. The molecule has 35 heavy (non-hydrogen) atoms. The molecular formula is C24H32Cl2FN3O4S. The Morgan fingerprint density at radius 1 is 1.20 bits per heavy atom. The number of methoxy groups -OCH3 is 1. The lowest BCUT2D eigenvalue weighted by molar-refractivity contribution is -0.148. The Hall–Kier alpha value is -1.75. The lowest BCUT2D eigenvalue weighted by Gasteiger charge is -2.32. The van der Waals surface area contributed by atoms with Gasteiger partial charge < -0.3 is 19.2 Å². The normalized spacial score (nSPS) is 17.4. The van der Waals surface area contributed by atoms with Gasteiger partial charge in [0, 0.05) is 24.6 Å². The second-order valence-corrected chi connectivity index (χ2v) is 9.94. The first-order valence-electron chi connectivity index (χ1n) is 11.1. The van der Waals surface area contributed by atoms with Crippen molar-refractivity contribution in [3.8, 4) is 11.5 Å². The predicted octanol–water partition coefficient (Wildman–Crippen LogP) is 5.36. The van der Waals surface area contributed by atoms with E-state index < -0.39 is 5.60 Å². The minimum absolute atomic E-state index is 0.153. The molecule has 0 aliphatic carbocycles. The second kappa shape index (κ2) is 14.7. The average molecular weight is 549 g/mol. The molecule has 3 rings (SSSR count). The molecule has 2 aromatic rings. The second-order valence-electron chi connectivity index (χ2n) is 8.24. The van der Waals surface area contributed by atoms with Gasteiger partial charge in [-0.05, 0) is 88.6 Å². The van der Waals surface area contributed by atoms with Crippen LogP contribution in [0.5, 0.6) is 11.5 Å². The van der Waals surface area contributed by atoms with Gasteiger partial charge in [-0.15, -0.1) is 0 Å². The van der Waals surface area contributed by atoms with Gasteiger partial charge in [0.05, 0.1) is 17.2 Å². The zero-order chi connectivity index (χ0) is 25.8. The highest BCUT2D eigenvalue weighted by molar-refractivity contribution is 7.98. The number of halogens is 3. The number of nitrogens with one attached hydrogen (secondary N) is 2. The largest absolute Gasteiger partial charge is 0.497 e. The summed E-state index contributed by atoms with van der Waals surface area (Å²) in [4.78, 5) is 20.6. The van der Waals surface area contributed by atoms with Crippen molar-refractivity contribution in [3.05, 3.63) is 52.3 Å². The SMILES string of the molecule is CN(C)CCNOc1c(Cl)cc(SNC(=O)C2(C)CCCCO2)cc1Cl.COc1ccc(F)cc1. The van der Waals surface area contributed by atoms with Crippen LogP contribution in [0.2, 0.25) is 10.0 Å². The number of hydrogen-bond acceptors (Lipinski definition) is 7. The maximum absolute atomic E-state index is 12.4. The third-order valence-electron chi connectivity index (χ3n) is 5.07. The van der Waals surface area contributed by atoms with Crippen molar-refractivity contribution in [2.45, 2.75) is 36.7 Å². The summed E-state index contributed by atoms with van der Waals surface area (Å²) in [7, 11) is 5.49. The van der Waals surface area contributed by atoms with Crippen LogP contribution in [-0.2, 0) is 9.53 Å². The van der Waals surface area contributed by atoms with Gasteiger partial charge in [-0.3, -0.25) is 9.52 Å². The Morgan fingerprint density at radius 2 is 1.86 bits per heavy atom. The molecular weight excluding hydrogens is 516 g/mol. The van der Waals surface area contributed by atoms with Crippen LogP contribution >= 0.6 is 35.1 Å². The fourth-order valence-electron chi connectivity index (χ4n) is 2.98. The van der Waals surface area contributed by atoms with E-state index in [1.807, 2.05) is 25.9 Å². The van der Waals surface area contributed by atoms with Crippen LogP contribution in [0.25, 0.3) is 0 Å². The molecule has 1 atom stereocenters. The van der Waals surface area contributed by atoms with E-state index in [-0.39, 0.29) is 11.7 Å². The molecule has 0 bridgehead atoms. The Morgan fingerprint density at radius 3 is 2.40 bits per heavy atom. The van der Waals surface area contributed by atoms with Crippen LogP contribution in [0.3, 0.4) is 0 Å². The number of nitrogens with zero attached hydrogens (tertiary/aromatic N) is 1. The van der Waals surface area contributed by atoms with Gasteiger partial charge in [0.25, 0.3) is 5.91 Å². The number of ether oxygens (including phenoxy) is 2. The van der Waals surface area contributed by atoms with Crippen molar-refractivity contribution in [3.63, 3.8) is 0 Å². The zero-order valence-corrected chi connectivity index (χ0v) is 22.7. The van der Waals surface area contributed by atoms with Crippen LogP contribution < -0.4 is 19.8 Å². The Kier molecular flexibility index (Phi) is 12.4. The minimum atomic E-state index is -0.780. The molecule has 1 aliphatic heterocycles. The molecule has 0 radical (unpaired) electrons. The molecule has 7 nitrogen and oxygen atoms in total. The lowest BCUT2D eigenvalue weighted by Crippen LogP contribution is -2.46. The molecule has 0 spiro atoms. The molecule has 1 heterocycles. The Labute approximate surface area is 220 Å². The van der Waals surface area contributed by atoms with Gasteiger partial charge in [-0.2, -0.15) is 5.48 Å². The highest BCUT2D eigenvalue weighted by Crippen LogP contribution is 2.36. The number of carbonyl (C=O) groups is 1. The molecule has 1 fully saturated rings. The maximum atomic E-state index is 12.4. The van der Waals surface area contributed by atoms with Crippen molar-refractivity contribution in [1.29, 1.82) is 0 Å². The number of carbonyl (C=O) groups excluding carboxylic acids is 1. The number of amides is 1. The number of likely N-dealkylation sites (N-methyl/N-ethyl adjacent to an activating group) is 1. The van der Waals surface area contributed by atoms with Gasteiger partial charge in [0.1, 0.15) is 17.2 Å². The first kappa shape index (κ1) is 29.5. The summed E-state index contributed by atoms with van der Waals surface area (Å²) in [5, 5.41) is 0.735. The average Bonchev–Trinajstić information content (AvgIpc) is 2.82. The third kappa shape index (κ3) is 10.0. The van der Waals surface area contributed by atoms with Crippen molar-refractivity contribution >= 4 is 41.1 Å². The topological polar surface area (TPSA) is 72.1 Å². The molecule has 1 amide bonds. The van der Waals surface area contributed by atoms with E-state index in [0.29, 0.717) is 46.0 Å². The Balaban J connectivity index is 0.000000402. The lowest BCUT2D eigenvalue weighted by atomic mass is 9.95. The van der Waals surface area contributed by atoms with Crippen molar-refractivity contribution in [2.75, 3.05) is 40.9 Å². The molecule has 2 aromatic carbocycles. The standard InChI is InChI=1S/C17H25Cl2N3O3S.C7H7FO/c1-17(6-4-5-9-24-17)16(23)21-26-12-10-13(18)15(14(19)11-12)25-20-7-8-22(2)3;1-9-7-4-2-6(8)3-5-7/h10-11,20H,4-9H2,1-3H3,(H,21,23);2-5H,1H3. The molecule has 0 aromatic heterocycles. The van der Waals surface area contributed by atoms with Crippen LogP contribution in [0.4, 0.5) is 4.39 Å². The van der Waals surface area contributed by atoms with Gasteiger partial charge in [0.15, 0.2) is 5.75 Å². The third-order valence-corrected chi connectivity index (χ3v) is 6.39. The number of hydrogen-bond donors (Lipinski definition) is 2. The van der Waals surface area contributed by atoms with E-state index >= 15 is 0 Å². The number of benzene rings is 2. The molecule has 194 valence electrons. The maximum Gasteiger partial charge on any atom is 0.262 e. The van der Waals surface area contributed by atoms with Gasteiger partial charge >= 0.3 is 0 Å². The summed E-state index contributed by atoms with van der Waals surface area (Å²) in [6, 6.07) is 9.28. The van der Waals surface area contributed by atoms with Gasteiger partial charge in [-0.25, -0.2) is 4.39 Å². The highest BCUT2D eigenvalue weighted by Gasteiger charge is 2.36. The smallest absolute Gasteiger partial charge is 0.262 e. The van der Waals surface area contributed by atoms with Crippen LogP contribution in [0.1, 0.15) is 26.2 Å². The van der Waals surface area contributed by atoms with Crippen molar-refractivity contribution in [2.24, 2.45) is 0 Å². The summed E-state index contributed by atoms with van der Waals surface area (Å²) >= 11 is 13.7. The van der Waals surface area contributed by atoms with E-state index in [1.54, 1.807) is 31.4 Å². The molecule has 1 saturated heterocycles.